The summed E-state index contributed by atoms with van der Waals surface area (Å²) in [6.45, 7) is 0.341. The number of rotatable bonds is 6. The van der Waals surface area contributed by atoms with Crippen LogP contribution in [-0.4, -0.2) is 30.0 Å². The van der Waals surface area contributed by atoms with Crippen molar-refractivity contribution in [1.29, 1.82) is 0 Å². The molecule has 0 aliphatic carbocycles. The van der Waals surface area contributed by atoms with E-state index >= 15 is 0 Å². The maximum atomic E-state index is 13.2. The van der Waals surface area contributed by atoms with Crippen molar-refractivity contribution in [3.05, 3.63) is 64.9 Å². The maximum Gasteiger partial charge on any atom is 0.261 e. The quantitative estimate of drug-likeness (QED) is 0.483. The number of benzene rings is 1. The molecule has 0 spiro atoms. The summed E-state index contributed by atoms with van der Waals surface area (Å²) in [5.41, 5.74) is 0.830. The number of amides is 1. The van der Waals surface area contributed by atoms with Crippen LogP contribution in [0.2, 0.25) is 0 Å². The lowest BCUT2D eigenvalue weighted by molar-refractivity contribution is 0.0955. The van der Waals surface area contributed by atoms with Gasteiger partial charge in [-0.1, -0.05) is 23.5 Å². The van der Waals surface area contributed by atoms with Gasteiger partial charge in [0.2, 0.25) is 5.88 Å². The van der Waals surface area contributed by atoms with Gasteiger partial charge in [0.05, 0.1) is 9.58 Å². The van der Waals surface area contributed by atoms with Crippen LogP contribution in [0.5, 0.6) is 11.6 Å². The van der Waals surface area contributed by atoms with Crippen molar-refractivity contribution in [2.75, 3.05) is 19.0 Å². The Bertz CT molecular complexity index is 1120. The number of hydrogen-bond donors (Lipinski definition) is 1. The van der Waals surface area contributed by atoms with Crippen molar-refractivity contribution in [2.45, 2.75) is 6.54 Å². The lowest BCUT2D eigenvalue weighted by Crippen LogP contribution is -2.21. The third kappa shape index (κ3) is 4.52. The minimum atomic E-state index is -0.372. The Labute approximate surface area is 174 Å². The summed E-state index contributed by atoms with van der Waals surface area (Å²) in [4.78, 5) is 24.6. The molecule has 0 aliphatic heterocycles. The number of nitrogens with one attached hydrogen (secondary N) is 1. The van der Waals surface area contributed by atoms with Crippen LogP contribution in [0.3, 0.4) is 0 Å². The molecule has 1 N–H and O–H groups in total. The van der Waals surface area contributed by atoms with Gasteiger partial charge >= 0.3 is 0 Å². The molecule has 0 aliphatic rings. The van der Waals surface area contributed by atoms with E-state index in [0.29, 0.717) is 23.1 Å². The van der Waals surface area contributed by atoms with Crippen LogP contribution >= 0.6 is 22.7 Å². The topological polar surface area (TPSA) is 67.4 Å². The highest BCUT2D eigenvalue weighted by Crippen LogP contribution is 2.33. The Kier molecular flexibility index (Phi) is 5.41. The Morgan fingerprint density at radius 2 is 2.07 bits per heavy atom. The van der Waals surface area contributed by atoms with E-state index in [9.17, 15) is 9.18 Å². The molecule has 29 heavy (non-hydrogen) atoms. The lowest BCUT2D eigenvalue weighted by Gasteiger charge is -2.07. The van der Waals surface area contributed by atoms with Gasteiger partial charge in [0.1, 0.15) is 16.4 Å². The molecule has 0 bridgehead atoms. The molecule has 1 amide bonds. The summed E-state index contributed by atoms with van der Waals surface area (Å²) in [6.07, 6.45) is 1.62. The molecule has 6 nitrogen and oxygen atoms in total. The standard InChI is InChI=1S/C20H17FN4O2S2/c1-25(2)20-24-19-16(29-20)9-15(28-19)18(26)23-11-12-6-7-17(22-10-12)27-14-5-3-4-13(21)8-14/h3-10H,11H2,1-2H3,(H,23,26). The van der Waals surface area contributed by atoms with E-state index in [1.807, 2.05) is 25.1 Å². The molecular weight excluding hydrogens is 411 g/mol. The molecule has 9 heteroatoms. The van der Waals surface area contributed by atoms with Crippen molar-refractivity contribution < 1.29 is 13.9 Å². The Balaban J connectivity index is 1.36. The number of nitrogens with zero attached hydrogens (tertiary/aromatic N) is 3. The van der Waals surface area contributed by atoms with E-state index in [1.165, 1.54) is 23.5 Å². The van der Waals surface area contributed by atoms with Crippen molar-refractivity contribution in [3.8, 4) is 11.6 Å². The smallest absolute Gasteiger partial charge is 0.261 e. The first kappa shape index (κ1) is 19.3. The zero-order valence-electron chi connectivity index (χ0n) is 15.7. The zero-order valence-corrected chi connectivity index (χ0v) is 17.3. The molecule has 0 saturated heterocycles. The normalized spacial score (nSPS) is 10.9. The number of pyridine rings is 1. The number of halogens is 1. The van der Waals surface area contributed by atoms with Gasteiger partial charge in [-0.15, -0.1) is 11.3 Å². The molecule has 148 valence electrons. The molecule has 0 unspecified atom stereocenters. The molecule has 0 fully saturated rings. The lowest BCUT2D eigenvalue weighted by atomic mass is 10.3. The molecule has 1 aromatic carbocycles. The first-order valence-electron chi connectivity index (χ1n) is 8.72. The summed E-state index contributed by atoms with van der Waals surface area (Å²) in [5, 5.41) is 3.81. The van der Waals surface area contributed by atoms with Crippen molar-refractivity contribution in [2.24, 2.45) is 0 Å². The number of aromatic nitrogens is 2. The monoisotopic (exact) mass is 428 g/mol. The Morgan fingerprint density at radius 3 is 2.76 bits per heavy atom. The molecule has 4 aromatic rings. The van der Waals surface area contributed by atoms with Crippen LogP contribution in [0.25, 0.3) is 9.53 Å². The average Bonchev–Trinajstić information content (AvgIpc) is 3.27. The number of thiophene rings is 1. The van der Waals surface area contributed by atoms with Gasteiger partial charge in [-0.2, -0.15) is 0 Å². The predicted molar refractivity (Wildman–Crippen MR) is 114 cm³/mol. The summed E-state index contributed by atoms with van der Waals surface area (Å²) < 4.78 is 19.7. The first-order valence-corrected chi connectivity index (χ1v) is 10.4. The summed E-state index contributed by atoms with van der Waals surface area (Å²) in [7, 11) is 3.89. The molecule has 0 atom stereocenters. The molecule has 3 aromatic heterocycles. The number of carbonyl (C=O) groups is 1. The van der Waals surface area contributed by atoms with Gasteiger partial charge in [-0.3, -0.25) is 4.79 Å². The second-order valence-electron chi connectivity index (χ2n) is 6.42. The third-order valence-electron chi connectivity index (χ3n) is 3.95. The summed E-state index contributed by atoms with van der Waals surface area (Å²) in [5.74, 6) is 0.212. The third-order valence-corrected chi connectivity index (χ3v) is 6.28. The molecular formula is C20H17FN4O2S2. The second kappa shape index (κ2) is 8.14. The highest BCUT2D eigenvalue weighted by molar-refractivity contribution is 7.29. The number of thiazole rings is 1. The van der Waals surface area contributed by atoms with E-state index in [0.717, 1.165) is 20.2 Å². The van der Waals surface area contributed by atoms with Gasteiger partial charge < -0.3 is 15.0 Å². The molecule has 0 radical (unpaired) electrons. The number of anilines is 1. The van der Waals surface area contributed by atoms with Crippen molar-refractivity contribution in [1.82, 2.24) is 15.3 Å². The van der Waals surface area contributed by atoms with E-state index in [-0.39, 0.29) is 11.7 Å². The van der Waals surface area contributed by atoms with E-state index in [1.54, 1.807) is 41.8 Å². The number of ether oxygens (including phenoxy) is 1. The van der Waals surface area contributed by atoms with Gasteiger partial charge in [0, 0.05) is 39.0 Å². The predicted octanol–water partition coefficient (Wildman–Crippen LogP) is 4.68. The fraction of sp³-hybridized carbons (Fsp3) is 0.150. The van der Waals surface area contributed by atoms with E-state index in [2.05, 4.69) is 15.3 Å². The molecule has 3 heterocycles. The second-order valence-corrected chi connectivity index (χ2v) is 8.46. The van der Waals surface area contributed by atoms with Gasteiger partial charge in [0.25, 0.3) is 5.91 Å². The van der Waals surface area contributed by atoms with E-state index < -0.39 is 0 Å². The fourth-order valence-corrected chi connectivity index (χ4v) is 4.57. The molecule has 4 rings (SSSR count). The fourth-order valence-electron chi connectivity index (χ4n) is 2.52. The minimum absolute atomic E-state index is 0.147. The van der Waals surface area contributed by atoms with Crippen LogP contribution in [0.4, 0.5) is 9.52 Å². The highest BCUT2D eigenvalue weighted by atomic mass is 32.1. The zero-order chi connectivity index (χ0) is 20.4. The van der Waals surface area contributed by atoms with Crippen molar-refractivity contribution >= 4 is 43.2 Å². The number of carbonyl (C=O) groups excluding carboxylic acids is 1. The van der Waals surface area contributed by atoms with E-state index in [4.69, 9.17) is 4.74 Å². The maximum absolute atomic E-state index is 13.2. The minimum Gasteiger partial charge on any atom is -0.439 e. The molecule has 0 saturated carbocycles. The van der Waals surface area contributed by atoms with Crippen LogP contribution in [0.15, 0.2) is 48.7 Å². The van der Waals surface area contributed by atoms with Crippen LogP contribution in [-0.2, 0) is 6.54 Å². The summed E-state index contributed by atoms with van der Waals surface area (Å²) >= 11 is 2.94. The van der Waals surface area contributed by atoms with Crippen LogP contribution < -0.4 is 15.0 Å². The van der Waals surface area contributed by atoms with Gasteiger partial charge in [-0.25, -0.2) is 14.4 Å². The number of hydrogen-bond acceptors (Lipinski definition) is 7. The Hall–Kier alpha value is -3.04. The first-order chi connectivity index (χ1) is 14.0. The van der Waals surface area contributed by atoms with Gasteiger partial charge in [-0.05, 0) is 23.8 Å². The average molecular weight is 429 g/mol. The number of fused-ring (bicyclic) bond motifs is 1. The van der Waals surface area contributed by atoms with Crippen molar-refractivity contribution in [3.63, 3.8) is 0 Å². The van der Waals surface area contributed by atoms with Gasteiger partial charge in [0.15, 0.2) is 5.13 Å². The largest absolute Gasteiger partial charge is 0.439 e. The SMILES string of the molecule is CN(C)c1nc2sc(C(=O)NCc3ccc(Oc4cccc(F)c4)nc3)cc2s1. The van der Waals surface area contributed by atoms with Crippen LogP contribution in [0.1, 0.15) is 15.2 Å². The Morgan fingerprint density at radius 1 is 1.21 bits per heavy atom. The van der Waals surface area contributed by atoms with Crippen LogP contribution in [0, 0.1) is 5.82 Å². The highest BCUT2D eigenvalue weighted by Gasteiger charge is 2.14. The summed E-state index contributed by atoms with van der Waals surface area (Å²) in [6, 6.07) is 11.2.